The van der Waals surface area contributed by atoms with Gasteiger partial charge in [0, 0.05) is 0 Å². The van der Waals surface area contributed by atoms with Gasteiger partial charge in [-0.25, -0.2) is 0 Å². The maximum absolute atomic E-state index is 12.8. The van der Waals surface area contributed by atoms with E-state index in [0.29, 0.717) is 0 Å². The van der Waals surface area contributed by atoms with E-state index < -0.39 is 35.7 Å². The molecule has 2 N–H and O–H groups in total. The predicted octanol–water partition coefficient (Wildman–Crippen LogP) is 4.55. The molecule has 2 aromatic rings. The molecular weight excluding hydrogens is 338 g/mol. The molecule has 130 valence electrons. The van der Waals surface area contributed by atoms with Crippen molar-refractivity contribution in [1.82, 2.24) is 0 Å². The van der Waals surface area contributed by atoms with E-state index in [1.165, 1.54) is 24.3 Å². The van der Waals surface area contributed by atoms with Gasteiger partial charge in [0.05, 0.1) is 0 Å². The molecule has 2 aromatic carbocycles. The van der Waals surface area contributed by atoms with E-state index in [1.807, 2.05) is 0 Å². The highest BCUT2D eigenvalue weighted by atomic mass is 19.4. The first-order valence-corrected chi connectivity index (χ1v) is 6.71. The van der Waals surface area contributed by atoms with Gasteiger partial charge in [0.25, 0.3) is 0 Å². The Morgan fingerprint density at radius 2 is 0.875 bits per heavy atom. The van der Waals surface area contributed by atoms with Crippen LogP contribution in [0, 0.1) is 0 Å². The molecular formula is C16H12F6O2. The molecule has 24 heavy (non-hydrogen) atoms. The summed E-state index contributed by atoms with van der Waals surface area (Å²) in [6.45, 7) is 0. The lowest BCUT2D eigenvalue weighted by Gasteiger charge is -2.22. The Labute approximate surface area is 133 Å². The van der Waals surface area contributed by atoms with Crippen LogP contribution < -0.4 is 0 Å². The van der Waals surface area contributed by atoms with Crippen LogP contribution >= 0.6 is 0 Å². The normalized spacial score (nSPS) is 15.2. The SMILES string of the molecule is O[C@@H](c1ccccc1-c1ccccc1[C@H](O)C(F)(F)F)C(F)(F)F. The fraction of sp³-hybridized carbons (Fsp3) is 0.250. The molecule has 2 atom stereocenters. The molecule has 0 amide bonds. The average molecular weight is 350 g/mol. The fourth-order valence-corrected chi connectivity index (χ4v) is 2.31. The van der Waals surface area contributed by atoms with E-state index in [0.717, 1.165) is 24.3 Å². The van der Waals surface area contributed by atoms with Crippen LogP contribution in [0.5, 0.6) is 0 Å². The van der Waals surface area contributed by atoms with E-state index >= 15 is 0 Å². The monoisotopic (exact) mass is 350 g/mol. The second kappa shape index (κ2) is 6.45. The zero-order valence-electron chi connectivity index (χ0n) is 11.9. The van der Waals surface area contributed by atoms with Crippen molar-refractivity contribution in [2.75, 3.05) is 0 Å². The molecule has 0 aliphatic rings. The largest absolute Gasteiger partial charge is 0.418 e. The number of rotatable bonds is 3. The third kappa shape index (κ3) is 3.70. The second-order valence-corrected chi connectivity index (χ2v) is 5.06. The standard InChI is InChI=1S/C16H12F6O2/c17-15(18,19)13(23)11-7-3-1-5-9(11)10-6-2-4-8-12(10)14(24)16(20,21)22/h1-8,13-14,23-24H/t13-,14-/m0/s1. The number of benzene rings is 2. The molecule has 2 nitrogen and oxygen atoms in total. The van der Waals surface area contributed by atoms with Crippen LogP contribution in [0.25, 0.3) is 11.1 Å². The maximum Gasteiger partial charge on any atom is 0.418 e. The maximum atomic E-state index is 12.8. The summed E-state index contributed by atoms with van der Waals surface area (Å²) in [5.41, 5.74) is -1.65. The molecule has 0 unspecified atom stereocenters. The van der Waals surface area contributed by atoms with Crippen LogP contribution in [0.4, 0.5) is 26.3 Å². The van der Waals surface area contributed by atoms with Gasteiger partial charge in [0.2, 0.25) is 0 Å². The Morgan fingerprint density at radius 3 is 1.17 bits per heavy atom. The van der Waals surface area contributed by atoms with Gasteiger partial charge < -0.3 is 10.2 Å². The van der Waals surface area contributed by atoms with Gasteiger partial charge in [-0.2, -0.15) is 26.3 Å². The number of hydrogen-bond acceptors (Lipinski definition) is 2. The molecule has 0 heterocycles. The minimum Gasteiger partial charge on any atom is -0.379 e. The Morgan fingerprint density at radius 1 is 0.583 bits per heavy atom. The Balaban J connectivity index is 2.63. The van der Waals surface area contributed by atoms with E-state index in [-0.39, 0.29) is 11.1 Å². The van der Waals surface area contributed by atoms with Crippen LogP contribution in [0.3, 0.4) is 0 Å². The van der Waals surface area contributed by atoms with Crippen LogP contribution in [0.1, 0.15) is 23.3 Å². The Kier molecular flexibility index (Phi) is 4.91. The van der Waals surface area contributed by atoms with Gasteiger partial charge in [0.1, 0.15) is 0 Å². The highest BCUT2D eigenvalue weighted by Crippen LogP contribution is 2.42. The number of alkyl halides is 6. The molecule has 0 radical (unpaired) electrons. The zero-order valence-corrected chi connectivity index (χ0v) is 11.9. The van der Waals surface area contributed by atoms with E-state index in [9.17, 15) is 36.6 Å². The van der Waals surface area contributed by atoms with Crippen molar-refractivity contribution in [3.05, 3.63) is 59.7 Å². The van der Waals surface area contributed by atoms with Crippen LogP contribution in [0.15, 0.2) is 48.5 Å². The molecule has 8 heteroatoms. The first-order valence-electron chi connectivity index (χ1n) is 6.71. The van der Waals surface area contributed by atoms with Gasteiger partial charge in [-0.05, 0) is 22.3 Å². The molecule has 0 aromatic heterocycles. The summed E-state index contributed by atoms with van der Waals surface area (Å²) in [6, 6.07) is 9.40. The minimum absolute atomic E-state index is 0.235. The molecule has 0 spiro atoms. The molecule has 2 rings (SSSR count). The van der Waals surface area contributed by atoms with E-state index in [4.69, 9.17) is 0 Å². The highest BCUT2D eigenvalue weighted by molar-refractivity contribution is 5.71. The van der Waals surface area contributed by atoms with Crippen molar-refractivity contribution in [3.8, 4) is 11.1 Å². The quantitative estimate of drug-likeness (QED) is 0.798. The van der Waals surface area contributed by atoms with Crippen molar-refractivity contribution in [2.45, 2.75) is 24.6 Å². The Bertz CT molecular complexity index is 647. The predicted molar refractivity (Wildman–Crippen MR) is 73.9 cm³/mol. The van der Waals surface area contributed by atoms with Crippen LogP contribution in [0.2, 0.25) is 0 Å². The summed E-state index contributed by atoms with van der Waals surface area (Å²) in [5, 5.41) is 19.0. The Hall–Kier alpha value is -2.06. The summed E-state index contributed by atoms with van der Waals surface area (Å²) >= 11 is 0. The molecule has 0 aliphatic heterocycles. The molecule has 0 saturated heterocycles. The van der Waals surface area contributed by atoms with Crippen molar-refractivity contribution in [3.63, 3.8) is 0 Å². The zero-order chi connectivity index (χ0) is 18.1. The lowest BCUT2D eigenvalue weighted by molar-refractivity contribution is -0.207. The minimum atomic E-state index is -4.98. The van der Waals surface area contributed by atoms with Gasteiger partial charge in [-0.3, -0.25) is 0 Å². The lowest BCUT2D eigenvalue weighted by Crippen LogP contribution is -2.22. The number of aliphatic hydroxyl groups excluding tert-OH is 2. The van der Waals surface area contributed by atoms with Crippen LogP contribution in [-0.4, -0.2) is 22.6 Å². The molecule has 0 fully saturated rings. The molecule has 0 bridgehead atoms. The summed E-state index contributed by atoms with van der Waals surface area (Å²) < 4.78 is 76.8. The summed E-state index contributed by atoms with van der Waals surface area (Å²) in [4.78, 5) is 0. The van der Waals surface area contributed by atoms with Gasteiger partial charge in [-0.1, -0.05) is 48.5 Å². The fourth-order valence-electron chi connectivity index (χ4n) is 2.31. The van der Waals surface area contributed by atoms with Gasteiger partial charge >= 0.3 is 12.4 Å². The summed E-state index contributed by atoms with van der Waals surface area (Å²) in [5.74, 6) is 0. The summed E-state index contributed by atoms with van der Waals surface area (Å²) in [7, 11) is 0. The van der Waals surface area contributed by atoms with Gasteiger partial charge in [0.15, 0.2) is 12.2 Å². The van der Waals surface area contributed by atoms with Crippen molar-refractivity contribution in [1.29, 1.82) is 0 Å². The van der Waals surface area contributed by atoms with Crippen molar-refractivity contribution in [2.24, 2.45) is 0 Å². The number of halogens is 6. The van der Waals surface area contributed by atoms with Crippen molar-refractivity contribution >= 4 is 0 Å². The van der Waals surface area contributed by atoms with E-state index in [2.05, 4.69) is 0 Å². The third-order valence-electron chi connectivity index (χ3n) is 3.42. The van der Waals surface area contributed by atoms with Crippen LogP contribution in [-0.2, 0) is 0 Å². The topological polar surface area (TPSA) is 40.5 Å². The second-order valence-electron chi connectivity index (χ2n) is 5.06. The third-order valence-corrected chi connectivity index (χ3v) is 3.42. The smallest absolute Gasteiger partial charge is 0.379 e. The molecule has 0 aliphatic carbocycles. The van der Waals surface area contributed by atoms with Gasteiger partial charge in [-0.15, -0.1) is 0 Å². The number of aliphatic hydroxyl groups is 2. The lowest BCUT2D eigenvalue weighted by atomic mass is 9.90. The number of hydrogen-bond donors (Lipinski definition) is 2. The first-order chi connectivity index (χ1) is 11.0. The summed E-state index contributed by atoms with van der Waals surface area (Å²) in [6.07, 6.45) is -15.7. The first kappa shape index (κ1) is 18.3. The molecule has 0 saturated carbocycles. The highest BCUT2D eigenvalue weighted by Gasteiger charge is 2.42. The van der Waals surface area contributed by atoms with E-state index in [1.54, 1.807) is 0 Å². The average Bonchev–Trinajstić information content (AvgIpc) is 2.51. The van der Waals surface area contributed by atoms with Crippen molar-refractivity contribution < 1.29 is 36.6 Å².